The number of rotatable bonds is 10. The monoisotopic (exact) mass is 402 g/mol. The second-order valence-corrected chi connectivity index (χ2v) is 7.94. The minimum absolute atomic E-state index is 0.163. The SMILES string of the molecule is CCCCn1c(CC(=O)Cc2nc3ccccc3n2CCCC)nc2ccccc21. The van der Waals surface area contributed by atoms with Crippen molar-refractivity contribution < 1.29 is 4.79 Å². The summed E-state index contributed by atoms with van der Waals surface area (Å²) in [5, 5.41) is 0. The van der Waals surface area contributed by atoms with Crippen molar-refractivity contribution >= 4 is 27.9 Å². The number of Topliss-reactive ketones (excluding diaryl/α,β-unsaturated/α-hetero) is 1. The van der Waals surface area contributed by atoms with E-state index in [9.17, 15) is 4.79 Å². The number of benzene rings is 2. The predicted octanol–water partition coefficient (Wildman–Crippen LogP) is 5.34. The number of fused-ring (bicyclic) bond motifs is 2. The maximum Gasteiger partial charge on any atom is 0.147 e. The lowest BCUT2D eigenvalue weighted by atomic mass is 10.2. The molecule has 30 heavy (non-hydrogen) atoms. The van der Waals surface area contributed by atoms with Crippen LogP contribution in [0.25, 0.3) is 22.1 Å². The summed E-state index contributed by atoms with van der Waals surface area (Å²) in [4.78, 5) is 22.6. The quantitative estimate of drug-likeness (QED) is 0.360. The first-order chi connectivity index (χ1) is 14.7. The first kappa shape index (κ1) is 20.3. The van der Waals surface area contributed by atoms with Gasteiger partial charge in [-0.3, -0.25) is 4.79 Å². The van der Waals surface area contributed by atoms with E-state index in [0.29, 0.717) is 12.8 Å². The Kier molecular flexibility index (Phi) is 6.26. The molecule has 0 aliphatic heterocycles. The summed E-state index contributed by atoms with van der Waals surface area (Å²) in [6.07, 6.45) is 5.07. The maximum atomic E-state index is 13.1. The Balaban J connectivity index is 1.60. The Morgan fingerprint density at radius 1 is 0.733 bits per heavy atom. The Bertz CT molecular complexity index is 1060. The van der Waals surface area contributed by atoms with Gasteiger partial charge in [-0.05, 0) is 37.1 Å². The minimum Gasteiger partial charge on any atom is -0.328 e. The lowest BCUT2D eigenvalue weighted by Gasteiger charge is -2.10. The molecule has 2 aromatic carbocycles. The van der Waals surface area contributed by atoms with Gasteiger partial charge < -0.3 is 9.13 Å². The lowest BCUT2D eigenvalue weighted by molar-refractivity contribution is -0.118. The second-order valence-electron chi connectivity index (χ2n) is 7.94. The molecule has 0 saturated carbocycles. The van der Waals surface area contributed by atoms with Crippen molar-refractivity contribution in [3.63, 3.8) is 0 Å². The van der Waals surface area contributed by atoms with E-state index >= 15 is 0 Å². The van der Waals surface area contributed by atoms with Crippen LogP contribution in [0.1, 0.15) is 51.2 Å². The minimum atomic E-state index is 0.163. The van der Waals surface area contributed by atoms with E-state index in [2.05, 4.69) is 35.1 Å². The largest absolute Gasteiger partial charge is 0.328 e. The van der Waals surface area contributed by atoms with Gasteiger partial charge in [0, 0.05) is 13.1 Å². The second kappa shape index (κ2) is 9.24. The molecule has 0 aliphatic rings. The highest BCUT2D eigenvalue weighted by Crippen LogP contribution is 2.20. The third kappa shape index (κ3) is 4.16. The molecule has 0 unspecified atom stereocenters. The first-order valence-electron chi connectivity index (χ1n) is 11.1. The van der Waals surface area contributed by atoms with Gasteiger partial charge >= 0.3 is 0 Å². The Hall–Kier alpha value is -2.95. The zero-order chi connectivity index (χ0) is 20.9. The molecule has 156 valence electrons. The summed E-state index contributed by atoms with van der Waals surface area (Å²) in [5.74, 6) is 1.90. The summed E-state index contributed by atoms with van der Waals surface area (Å²) < 4.78 is 4.44. The number of carbonyl (C=O) groups is 1. The van der Waals surface area contributed by atoms with E-state index in [4.69, 9.17) is 9.97 Å². The first-order valence-corrected chi connectivity index (χ1v) is 11.1. The van der Waals surface area contributed by atoms with Crippen molar-refractivity contribution in [3.8, 4) is 0 Å². The molecule has 0 N–H and O–H groups in total. The third-order valence-corrected chi connectivity index (χ3v) is 5.65. The van der Waals surface area contributed by atoms with Crippen molar-refractivity contribution in [1.29, 1.82) is 0 Å². The number of aromatic nitrogens is 4. The van der Waals surface area contributed by atoms with Crippen LogP contribution in [0.5, 0.6) is 0 Å². The number of imidazole rings is 2. The van der Waals surface area contributed by atoms with Crippen molar-refractivity contribution in [1.82, 2.24) is 19.1 Å². The number of hydrogen-bond donors (Lipinski definition) is 0. The Morgan fingerprint density at radius 2 is 1.17 bits per heavy atom. The predicted molar refractivity (Wildman–Crippen MR) is 122 cm³/mol. The molecule has 2 heterocycles. The normalized spacial score (nSPS) is 11.5. The van der Waals surface area contributed by atoms with E-state index < -0.39 is 0 Å². The van der Waals surface area contributed by atoms with Crippen molar-refractivity contribution in [2.45, 2.75) is 65.5 Å². The van der Waals surface area contributed by atoms with Crippen LogP contribution in [0.15, 0.2) is 48.5 Å². The number of unbranched alkanes of at least 4 members (excludes halogenated alkanes) is 2. The van der Waals surface area contributed by atoms with Gasteiger partial charge in [-0.15, -0.1) is 0 Å². The molecule has 0 aliphatic carbocycles. The summed E-state index contributed by atoms with van der Waals surface area (Å²) in [5.41, 5.74) is 4.16. The van der Waals surface area contributed by atoms with Crippen molar-refractivity contribution in [3.05, 3.63) is 60.2 Å². The number of para-hydroxylation sites is 4. The summed E-state index contributed by atoms with van der Waals surface area (Å²) in [6.45, 7) is 6.17. The Morgan fingerprint density at radius 3 is 1.60 bits per heavy atom. The molecule has 0 spiro atoms. The topological polar surface area (TPSA) is 52.7 Å². The van der Waals surface area contributed by atoms with Gasteiger partial charge in [0.15, 0.2) is 0 Å². The molecule has 0 bridgehead atoms. The summed E-state index contributed by atoms with van der Waals surface area (Å²) >= 11 is 0. The van der Waals surface area contributed by atoms with Gasteiger partial charge in [0.25, 0.3) is 0 Å². The number of hydrogen-bond acceptors (Lipinski definition) is 3. The summed E-state index contributed by atoms with van der Waals surface area (Å²) in [6, 6.07) is 16.3. The molecule has 5 nitrogen and oxygen atoms in total. The van der Waals surface area contributed by atoms with Gasteiger partial charge in [0.1, 0.15) is 17.4 Å². The van der Waals surface area contributed by atoms with Crippen LogP contribution >= 0.6 is 0 Å². The number of carbonyl (C=O) groups excluding carboxylic acids is 1. The molecular formula is C25H30N4O. The third-order valence-electron chi connectivity index (χ3n) is 5.65. The zero-order valence-electron chi connectivity index (χ0n) is 18.0. The fourth-order valence-electron chi connectivity index (χ4n) is 4.07. The van der Waals surface area contributed by atoms with Crippen LogP contribution in [-0.2, 0) is 30.7 Å². The van der Waals surface area contributed by atoms with E-state index in [0.717, 1.165) is 72.5 Å². The molecular weight excluding hydrogens is 372 g/mol. The maximum absolute atomic E-state index is 13.1. The zero-order valence-corrected chi connectivity index (χ0v) is 18.0. The van der Waals surface area contributed by atoms with Crippen LogP contribution in [-0.4, -0.2) is 24.9 Å². The summed E-state index contributed by atoms with van der Waals surface area (Å²) in [7, 11) is 0. The van der Waals surface area contributed by atoms with Gasteiger partial charge in [0.05, 0.1) is 34.9 Å². The molecule has 0 radical (unpaired) electrons. The smallest absolute Gasteiger partial charge is 0.147 e. The van der Waals surface area contributed by atoms with E-state index in [1.807, 2.05) is 36.4 Å². The van der Waals surface area contributed by atoms with Crippen LogP contribution in [0.2, 0.25) is 0 Å². The van der Waals surface area contributed by atoms with Crippen LogP contribution < -0.4 is 0 Å². The fraction of sp³-hybridized carbons (Fsp3) is 0.400. The molecule has 0 amide bonds. The highest BCUT2D eigenvalue weighted by atomic mass is 16.1. The van der Waals surface area contributed by atoms with Crippen molar-refractivity contribution in [2.75, 3.05) is 0 Å². The molecule has 2 aromatic heterocycles. The number of nitrogens with zero attached hydrogens (tertiary/aromatic N) is 4. The average molecular weight is 403 g/mol. The lowest BCUT2D eigenvalue weighted by Crippen LogP contribution is -2.15. The standard InChI is InChI=1S/C25H30N4O/c1-3-5-15-28-22-13-9-7-11-20(22)26-24(28)17-19(30)18-25-27-21-12-8-10-14-23(21)29(25)16-6-4-2/h7-14H,3-6,15-18H2,1-2H3. The van der Waals surface area contributed by atoms with E-state index in [1.54, 1.807) is 0 Å². The van der Waals surface area contributed by atoms with Gasteiger partial charge in [-0.25, -0.2) is 9.97 Å². The number of ketones is 1. The molecule has 4 rings (SSSR count). The van der Waals surface area contributed by atoms with Crippen LogP contribution in [0.3, 0.4) is 0 Å². The average Bonchev–Trinajstić information content (AvgIpc) is 3.27. The van der Waals surface area contributed by atoms with Gasteiger partial charge in [0.2, 0.25) is 0 Å². The van der Waals surface area contributed by atoms with Crippen LogP contribution in [0.4, 0.5) is 0 Å². The van der Waals surface area contributed by atoms with Crippen molar-refractivity contribution in [2.24, 2.45) is 0 Å². The highest BCUT2D eigenvalue weighted by Gasteiger charge is 2.17. The Labute approximate surface area is 177 Å². The van der Waals surface area contributed by atoms with Gasteiger partial charge in [-0.1, -0.05) is 51.0 Å². The van der Waals surface area contributed by atoms with E-state index in [-0.39, 0.29) is 5.78 Å². The van der Waals surface area contributed by atoms with Crippen LogP contribution in [0, 0.1) is 0 Å². The molecule has 0 fully saturated rings. The highest BCUT2D eigenvalue weighted by molar-refractivity contribution is 5.85. The molecule has 4 aromatic rings. The van der Waals surface area contributed by atoms with Gasteiger partial charge in [-0.2, -0.15) is 0 Å². The molecule has 5 heteroatoms. The van der Waals surface area contributed by atoms with E-state index in [1.165, 1.54) is 0 Å². The number of aryl methyl sites for hydroxylation is 2. The molecule has 0 atom stereocenters. The molecule has 0 saturated heterocycles. The fourth-order valence-corrected chi connectivity index (χ4v) is 4.07.